The number of carbonyl (C=O) groups is 1. The molecular weight excluding hydrogens is 447 g/mol. The molecule has 3 aromatic rings. The smallest absolute Gasteiger partial charge is 0.276 e. The monoisotopic (exact) mass is 469 g/mol. The van der Waals surface area contributed by atoms with Gasteiger partial charge in [-0.05, 0) is 48.2 Å². The molecule has 1 unspecified atom stereocenters. The zero-order valence-corrected chi connectivity index (χ0v) is 18.8. The number of nitrogens with one attached hydrogen (secondary N) is 1. The number of nitrogens with two attached hydrogens (primary N) is 1. The van der Waals surface area contributed by atoms with Crippen molar-refractivity contribution in [2.45, 2.75) is 23.8 Å². The Labute approximate surface area is 193 Å². The molecule has 0 spiro atoms. The van der Waals surface area contributed by atoms with Crippen LogP contribution in [0.5, 0.6) is 5.75 Å². The number of nitrogens with zero attached hydrogens (tertiary/aromatic N) is 2. The summed E-state index contributed by atoms with van der Waals surface area (Å²) in [6.07, 6.45) is 1.72. The van der Waals surface area contributed by atoms with Crippen molar-refractivity contribution in [1.29, 1.82) is 5.26 Å². The number of halogens is 1. The van der Waals surface area contributed by atoms with Gasteiger partial charge in [-0.1, -0.05) is 30.3 Å². The highest BCUT2D eigenvalue weighted by molar-refractivity contribution is 7.79. The second kappa shape index (κ2) is 9.95. The molecule has 0 fully saturated rings. The van der Waals surface area contributed by atoms with E-state index in [1.807, 2.05) is 30.3 Å². The van der Waals surface area contributed by atoms with Crippen LogP contribution < -0.4 is 15.8 Å². The van der Waals surface area contributed by atoms with E-state index in [2.05, 4.69) is 5.32 Å². The standard InChI is InChI=1S/C23H23FN4O4S/c1-23(26,11-15-6-4-3-5-7-15)14-32-21-19(33(30)31)13-28(2)20(21)22(29)27-17-8-9-18(24)16(10-17)12-25/h3-10,13H,11,14,26H2,1-2H3,(H,27,29)(H,30,31)/p-1/t23-/m0/s1. The van der Waals surface area contributed by atoms with Gasteiger partial charge >= 0.3 is 0 Å². The summed E-state index contributed by atoms with van der Waals surface area (Å²) in [6.45, 7) is 1.70. The maximum Gasteiger partial charge on any atom is 0.276 e. The van der Waals surface area contributed by atoms with Crippen molar-refractivity contribution in [3.63, 3.8) is 0 Å². The summed E-state index contributed by atoms with van der Waals surface area (Å²) in [5.74, 6) is -1.56. The zero-order valence-electron chi connectivity index (χ0n) is 18.0. The van der Waals surface area contributed by atoms with Gasteiger partial charge in [0.25, 0.3) is 5.91 Å². The Bertz CT molecular complexity index is 1240. The predicted molar refractivity (Wildman–Crippen MR) is 120 cm³/mol. The molecule has 1 heterocycles. The first-order valence-electron chi connectivity index (χ1n) is 9.86. The van der Waals surface area contributed by atoms with E-state index in [0.29, 0.717) is 6.42 Å². The number of aromatic nitrogens is 1. The van der Waals surface area contributed by atoms with E-state index in [0.717, 1.165) is 11.6 Å². The van der Waals surface area contributed by atoms with Gasteiger partial charge in [0.2, 0.25) is 0 Å². The first kappa shape index (κ1) is 24.1. The fourth-order valence-corrected chi connectivity index (χ4v) is 3.88. The van der Waals surface area contributed by atoms with Crippen LogP contribution in [0.15, 0.2) is 59.6 Å². The molecule has 3 N–H and O–H groups in total. The highest BCUT2D eigenvalue weighted by Gasteiger charge is 2.27. The zero-order chi connectivity index (χ0) is 24.2. The fourth-order valence-electron chi connectivity index (χ4n) is 3.33. The molecule has 10 heteroatoms. The Kier molecular flexibility index (Phi) is 7.28. The minimum Gasteiger partial charge on any atom is -0.768 e. The maximum atomic E-state index is 13.6. The molecule has 0 saturated carbocycles. The van der Waals surface area contributed by atoms with Gasteiger partial charge in [-0.15, -0.1) is 0 Å². The SMILES string of the molecule is Cn1cc(S(=O)[O-])c(OC[C@@](C)(N)Cc2ccccc2)c1C(=O)Nc1ccc(F)c(C#N)c1. The van der Waals surface area contributed by atoms with E-state index in [9.17, 15) is 17.9 Å². The van der Waals surface area contributed by atoms with E-state index >= 15 is 0 Å². The Morgan fingerprint density at radius 3 is 2.67 bits per heavy atom. The number of amides is 1. The Morgan fingerprint density at radius 2 is 2.03 bits per heavy atom. The Balaban J connectivity index is 1.86. The second-order valence-electron chi connectivity index (χ2n) is 7.88. The minimum atomic E-state index is -2.68. The van der Waals surface area contributed by atoms with Crippen molar-refractivity contribution in [2.24, 2.45) is 12.8 Å². The molecule has 33 heavy (non-hydrogen) atoms. The van der Waals surface area contributed by atoms with Gasteiger partial charge in [0.05, 0.1) is 16.0 Å². The number of rotatable bonds is 8. The van der Waals surface area contributed by atoms with E-state index in [1.54, 1.807) is 13.0 Å². The van der Waals surface area contributed by atoms with Crippen LogP contribution in [0.1, 0.15) is 28.5 Å². The molecule has 8 nitrogen and oxygen atoms in total. The summed E-state index contributed by atoms with van der Waals surface area (Å²) in [6, 6.07) is 14.7. The van der Waals surface area contributed by atoms with Crippen LogP contribution in [-0.2, 0) is 24.5 Å². The first-order valence-corrected chi connectivity index (χ1v) is 10.9. The molecular formula is C23H22FN4O4S-. The number of hydrogen-bond donors (Lipinski definition) is 2. The van der Waals surface area contributed by atoms with Gasteiger partial charge in [-0.3, -0.25) is 9.00 Å². The van der Waals surface area contributed by atoms with Crippen molar-refractivity contribution in [3.8, 4) is 11.8 Å². The average molecular weight is 470 g/mol. The highest BCUT2D eigenvalue weighted by atomic mass is 32.2. The minimum absolute atomic E-state index is 0.0625. The van der Waals surface area contributed by atoms with Crippen molar-refractivity contribution in [2.75, 3.05) is 11.9 Å². The van der Waals surface area contributed by atoms with Crippen molar-refractivity contribution in [1.82, 2.24) is 4.57 Å². The summed E-state index contributed by atoms with van der Waals surface area (Å²) in [4.78, 5) is 12.8. The summed E-state index contributed by atoms with van der Waals surface area (Å²) in [7, 11) is 1.50. The first-order chi connectivity index (χ1) is 15.6. The summed E-state index contributed by atoms with van der Waals surface area (Å²) >= 11 is -2.68. The van der Waals surface area contributed by atoms with Gasteiger partial charge in [0.15, 0.2) is 11.4 Å². The predicted octanol–water partition coefficient (Wildman–Crippen LogP) is 2.87. The van der Waals surface area contributed by atoms with Gasteiger partial charge in [0, 0.05) is 18.9 Å². The Hall–Kier alpha value is -3.52. The van der Waals surface area contributed by atoms with E-state index in [1.165, 1.54) is 29.9 Å². The molecule has 2 aromatic carbocycles. The average Bonchev–Trinajstić information content (AvgIpc) is 3.10. The normalized spacial score (nSPS) is 13.6. The number of ether oxygens (including phenoxy) is 1. The third-order valence-corrected chi connectivity index (χ3v) is 5.49. The number of carbonyl (C=O) groups excluding carboxylic acids is 1. The van der Waals surface area contributed by atoms with Crippen molar-refractivity contribution >= 4 is 22.7 Å². The number of aryl methyl sites for hydroxylation is 1. The van der Waals surface area contributed by atoms with Gasteiger partial charge in [-0.2, -0.15) is 5.26 Å². The number of anilines is 1. The third kappa shape index (κ3) is 5.84. The molecule has 0 aliphatic rings. The lowest BCUT2D eigenvalue weighted by molar-refractivity contribution is 0.101. The third-order valence-electron chi connectivity index (χ3n) is 4.84. The molecule has 1 aromatic heterocycles. The van der Waals surface area contributed by atoms with Gasteiger partial charge in [-0.25, -0.2) is 4.39 Å². The second-order valence-corrected chi connectivity index (χ2v) is 8.79. The quantitative estimate of drug-likeness (QED) is 0.488. The lowest BCUT2D eigenvalue weighted by atomic mass is 9.95. The van der Waals surface area contributed by atoms with Crippen LogP contribution in [-0.4, -0.2) is 31.4 Å². The van der Waals surface area contributed by atoms with Crippen LogP contribution in [0.2, 0.25) is 0 Å². The molecule has 0 saturated heterocycles. The molecule has 172 valence electrons. The molecule has 0 bridgehead atoms. The van der Waals surface area contributed by atoms with Crippen LogP contribution in [0.4, 0.5) is 10.1 Å². The molecule has 2 atom stereocenters. The number of hydrogen-bond acceptors (Lipinski definition) is 6. The summed E-state index contributed by atoms with van der Waals surface area (Å²) in [5.41, 5.74) is 6.37. The van der Waals surface area contributed by atoms with Crippen molar-refractivity contribution in [3.05, 3.63) is 77.4 Å². The van der Waals surface area contributed by atoms with E-state index in [-0.39, 0.29) is 34.2 Å². The van der Waals surface area contributed by atoms with E-state index < -0.39 is 28.3 Å². The molecule has 0 aliphatic carbocycles. The van der Waals surface area contributed by atoms with E-state index in [4.69, 9.17) is 15.7 Å². The maximum absolute atomic E-state index is 13.6. The summed E-state index contributed by atoms with van der Waals surface area (Å²) in [5, 5.41) is 11.5. The topological polar surface area (TPSA) is 133 Å². The lowest BCUT2D eigenvalue weighted by Gasteiger charge is -2.25. The molecule has 1 amide bonds. The van der Waals surface area contributed by atoms with Gasteiger partial charge in [0.1, 0.15) is 18.5 Å². The fraction of sp³-hybridized carbons (Fsp3) is 0.217. The van der Waals surface area contributed by atoms with Crippen LogP contribution >= 0.6 is 0 Å². The van der Waals surface area contributed by atoms with Crippen LogP contribution in [0.3, 0.4) is 0 Å². The van der Waals surface area contributed by atoms with Crippen LogP contribution in [0.25, 0.3) is 0 Å². The van der Waals surface area contributed by atoms with Crippen LogP contribution in [0, 0.1) is 17.1 Å². The molecule has 3 rings (SSSR count). The highest BCUT2D eigenvalue weighted by Crippen LogP contribution is 2.30. The number of benzene rings is 2. The summed E-state index contributed by atoms with van der Waals surface area (Å²) < 4.78 is 44.2. The van der Waals surface area contributed by atoms with Crippen molar-refractivity contribution < 1.29 is 22.7 Å². The lowest BCUT2D eigenvalue weighted by Crippen LogP contribution is -2.44. The largest absolute Gasteiger partial charge is 0.768 e. The molecule has 0 radical (unpaired) electrons. The number of nitriles is 1. The Morgan fingerprint density at radius 1 is 1.33 bits per heavy atom. The van der Waals surface area contributed by atoms with Gasteiger partial charge < -0.3 is 24.9 Å². The molecule has 0 aliphatic heterocycles.